The number of rotatable bonds is 2. The molecule has 1 aromatic rings. The van der Waals surface area contributed by atoms with Gasteiger partial charge in [-0.15, -0.1) is 0 Å². The van der Waals surface area contributed by atoms with Gasteiger partial charge in [0.2, 0.25) is 10.2 Å². The maximum atomic E-state index is 12.7. The van der Waals surface area contributed by atoms with Gasteiger partial charge >= 0.3 is 12.1 Å². The lowest BCUT2D eigenvalue weighted by atomic mass is 10.1. The lowest BCUT2D eigenvalue weighted by Crippen LogP contribution is -2.35. The van der Waals surface area contributed by atoms with E-state index in [0.29, 0.717) is 5.01 Å². The number of nitrogens with one attached hydrogen (secondary N) is 1. The summed E-state index contributed by atoms with van der Waals surface area (Å²) in [4.78, 5) is 25.1. The number of fused-ring (bicyclic) bond motifs is 1. The highest BCUT2D eigenvalue weighted by Gasteiger charge is 2.46. The summed E-state index contributed by atoms with van der Waals surface area (Å²) in [6.07, 6.45) is -3.76. The Morgan fingerprint density at radius 2 is 2.12 bits per heavy atom. The zero-order chi connectivity index (χ0) is 17.6. The molecule has 9 nitrogen and oxygen atoms in total. The van der Waals surface area contributed by atoms with Crippen molar-refractivity contribution in [3.63, 3.8) is 0 Å². The number of nitrogens with zero attached hydrogens (tertiary/aromatic N) is 4. The van der Waals surface area contributed by atoms with E-state index in [9.17, 15) is 28.1 Å². The van der Waals surface area contributed by atoms with Gasteiger partial charge in [0.05, 0.1) is 11.6 Å². The summed E-state index contributed by atoms with van der Waals surface area (Å²) in [5.74, 6) is -2.33. The monoisotopic (exact) mass is 359 g/mol. The minimum atomic E-state index is -4.74. The number of nitro groups is 1. The molecule has 0 saturated carbocycles. The van der Waals surface area contributed by atoms with E-state index in [4.69, 9.17) is 9.83 Å². The number of halogens is 3. The minimum absolute atomic E-state index is 0.125. The second-order valence-electron chi connectivity index (χ2n) is 4.36. The molecule has 0 aliphatic carbocycles. The molecule has 1 aromatic heterocycles. The first kappa shape index (κ1) is 15.9. The molecular weight excluding hydrogens is 355 g/mol. The number of aliphatic imine (C=N–C) groups is 1. The van der Waals surface area contributed by atoms with Crippen molar-refractivity contribution in [2.45, 2.75) is 6.18 Å². The van der Waals surface area contributed by atoms with E-state index in [1.807, 2.05) is 0 Å². The lowest BCUT2D eigenvalue weighted by Gasteiger charge is -2.19. The van der Waals surface area contributed by atoms with Crippen molar-refractivity contribution in [3.05, 3.63) is 33.6 Å². The molecule has 2 aliphatic heterocycles. The molecule has 0 bridgehead atoms. The molecule has 13 heteroatoms. The molecule has 0 radical (unpaired) electrons. The summed E-state index contributed by atoms with van der Waals surface area (Å²) in [6.45, 7) is 0. The Labute approximate surface area is 134 Å². The van der Waals surface area contributed by atoms with E-state index in [-0.39, 0.29) is 22.7 Å². The van der Waals surface area contributed by atoms with E-state index in [1.54, 1.807) is 0 Å². The van der Waals surface area contributed by atoms with Crippen LogP contribution in [-0.2, 0) is 4.79 Å². The van der Waals surface area contributed by atoms with Gasteiger partial charge < -0.3 is 4.42 Å². The summed E-state index contributed by atoms with van der Waals surface area (Å²) in [5.41, 5.74) is -0.407. The van der Waals surface area contributed by atoms with Crippen molar-refractivity contribution >= 4 is 45.7 Å². The van der Waals surface area contributed by atoms with Gasteiger partial charge in [-0.3, -0.25) is 20.3 Å². The molecule has 0 atom stereocenters. The quantitative estimate of drug-likeness (QED) is 0.491. The van der Waals surface area contributed by atoms with E-state index in [1.165, 1.54) is 6.07 Å². The van der Waals surface area contributed by atoms with Crippen LogP contribution in [0.2, 0.25) is 0 Å². The number of carbonyl (C=O) groups is 1. The summed E-state index contributed by atoms with van der Waals surface area (Å²) in [5, 5.41) is 20.5. The van der Waals surface area contributed by atoms with Gasteiger partial charge in [0.1, 0.15) is 10.7 Å². The predicted octanol–water partition coefficient (Wildman–Crippen LogP) is 2.37. The molecule has 0 aromatic carbocycles. The zero-order valence-electron chi connectivity index (χ0n) is 11.2. The second-order valence-corrected chi connectivity index (χ2v) is 5.31. The Bertz CT molecular complexity index is 869. The normalized spacial score (nSPS) is 19.5. The van der Waals surface area contributed by atoms with E-state index >= 15 is 0 Å². The molecule has 124 valence electrons. The molecule has 1 N–H and O–H groups in total. The Hall–Kier alpha value is -2.96. The van der Waals surface area contributed by atoms with Crippen molar-refractivity contribution in [3.8, 4) is 0 Å². The molecule has 1 amide bonds. The number of furan rings is 1. The third kappa shape index (κ3) is 2.68. The van der Waals surface area contributed by atoms with Gasteiger partial charge in [-0.2, -0.15) is 28.3 Å². The van der Waals surface area contributed by atoms with Crippen molar-refractivity contribution in [2.24, 2.45) is 10.1 Å². The Morgan fingerprint density at radius 3 is 2.71 bits per heavy atom. The van der Waals surface area contributed by atoms with Crippen LogP contribution in [0.1, 0.15) is 5.76 Å². The summed E-state index contributed by atoms with van der Waals surface area (Å²) < 4.78 is 42.8. The zero-order valence-corrected chi connectivity index (χ0v) is 12.0. The fraction of sp³-hybridized carbons (Fsp3) is 0.0909. The van der Waals surface area contributed by atoms with Crippen molar-refractivity contribution in [1.29, 1.82) is 5.41 Å². The third-order valence-electron chi connectivity index (χ3n) is 2.78. The minimum Gasteiger partial charge on any atom is -0.401 e. The van der Waals surface area contributed by atoms with Gasteiger partial charge in [0.15, 0.2) is 5.84 Å². The third-order valence-corrected chi connectivity index (χ3v) is 3.73. The van der Waals surface area contributed by atoms with Gasteiger partial charge in [0.25, 0.3) is 5.91 Å². The maximum Gasteiger partial charge on any atom is 0.441 e. The number of hydrogen-bond donors (Lipinski definition) is 1. The first-order valence-corrected chi connectivity index (χ1v) is 6.80. The van der Waals surface area contributed by atoms with E-state index in [0.717, 1.165) is 12.1 Å². The topological polar surface area (TPSA) is 125 Å². The van der Waals surface area contributed by atoms with Crippen LogP contribution in [0.15, 0.2) is 32.2 Å². The average molecular weight is 359 g/mol. The number of hydrogen-bond acceptors (Lipinski definition) is 7. The Morgan fingerprint density at radius 1 is 1.42 bits per heavy atom. The predicted molar refractivity (Wildman–Crippen MR) is 76.4 cm³/mol. The van der Waals surface area contributed by atoms with Crippen LogP contribution in [0.4, 0.5) is 19.1 Å². The van der Waals surface area contributed by atoms with Gasteiger partial charge in [-0.1, -0.05) is 0 Å². The Kier molecular flexibility index (Phi) is 3.51. The van der Waals surface area contributed by atoms with Gasteiger partial charge in [-0.05, 0) is 23.9 Å². The second kappa shape index (κ2) is 5.30. The maximum absolute atomic E-state index is 12.7. The first-order chi connectivity index (χ1) is 11.2. The summed E-state index contributed by atoms with van der Waals surface area (Å²) in [6, 6.07) is 2.21. The molecule has 24 heavy (non-hydrogen) atoms. The number of amides is 1. The van der Waals surface area contributed by atoms with Crippen molar-refractivity contribution in [2.75, 3.05) is 0 Å². The first-order valence-electron chi connectivity index (χ1n) is 5.98. The Balaban J connectivity index is 1.96. The highest BCUT2D eigenvalue weighted by atomic mass is 32.2. The fourth-order valence-corrected chi connectivity index (χ4v) is 2.53. The smallest absolute Gasteiger partial charge is 0.401 e. The van der Waals surface area contributed by atoms with E-state index in [2.05, 4.69) is 10.1 Å². The molecule has 0 saturated heterocycles. The van der Waals surface area contributed by atoms with E-state index < -0.39 is 39.3 Å². The highest BCUT2D eigenvalue weighted by Crippen LogP contribution is 2.35. The van der Waals surface area contributed by atoms with Crippen LogP contribution >= 0.6 is 11.8 Å². The van der Waals surface area contributed by atoms with Gasteiger partial charge in [0, 0.05) is 0 Å². The number of amidine groups is 2. The molecule has 0 unspecified atom stereocenters. The van der Waals surface area contributed by atoms with Crippen LogP contribution in [0.25, 0.3) is 6.08 Å². The van der Waals surface area contributed by atoms with Gasteiger partial charge in [-0.25, -0.2) is 0 Å². The molecule has 0 spiro atoms. The number of thioether (sulfide) groups is 1. The largest absolute Gasteiger partial charge is 0.441 e. The highest BCUT2D eigenvalue weighted by molar-refractivity contribution is 8.27. The summed E-state index contributed by atoms with van der Waals surface area (Å²) >= 11 is 0.125. The van der Waals surface area contributed by atoms with Crippen LogP contribution in [0.3, 0.4) is 0 Å². The number of alkyl halides is 3. The van der Waals surface area contributed by atoms with Crippen LogP contribution < -0.4 is 0 Å². The molecular formula is C11H4F3N5O4S. The molecule has 2 aliphatic rings. The molecule has 3 heterocycles. The SMILES string of the molecule is N=C1/C(=C\c2ccc([N+](=O)[O-])o2)C(=O)N=C2SC(C(F)(F)F)=NN12. The van der Waals surface area contributed by atoms with Crippen LogP contribution in [0, 0.1) is 15.5 Å². The average Bonchev–Trinajstić information content (AvgIpc) is 3.09. The van der Waals surface area contributed by atoms with Crippen molar-refractivity contribution < 1.29 is 27.3 Å². The standard InChI is InChI=1S/C11H4F3N5O4S/c12-11(13,14)9-17-18-7(15)5(8(20)16-10(18)24-9)3-4-1-2-6(23-4)19(21)22/h1-3,15H/b5-3+,15-7?. The lowest BCUT2D eigenvalue weighted by molar-refractivity contribution is -0.402. The fourth-order valence-electron chi connectivity index (χ4n) is 1.77. The summed E-state index contributed by atoms with van der Waals surface area (Å²) in [7, 11) is 0. The van der Waals surface area contributed by atoms with Crippen molar-refractivity contribution in [1.82, 2.24) is 5.01 Å². The van der Waals surface area contributed by atoms with Crippen LogP contribution in [0.5, 0.6) is 0 Å². The number of carbonyl (C=O) groups excluding carboxylic acids is 1. The molecule has 0 fully saturated rings. The number of hydrazone groups is 1. The van der Waals surface area contributed by atoms with Crippen LogP contribution in [-0.4, -0.2) is 38.1 Å². The molecule has 3 rings (SSSR count).